The van der Waals surface area contributed by atoms with Gasteiger partial charge in [-0.2, -0.15) is 0 Å². The number of allylic oxidation sites excluding steroid dienone is 1. The topological polar surface area (TPSA) is 105 Å². The van der Waals surface area contributed by atoms with Crippen LogP contribution < -0.4 is 29.1 Å². The van der Waals surface area contributed by atoms with Gasteiger partial charge in [0.1, 0.15) is 12.4 Å². The standard InChI is InChI=1S/C36H29N3O6S/c1-43-27-15-10-25(11-16-27)34-29-17-12-24-5-3-4-6-28(24)33(29)37-36-38(34)35(40)32(46-36)20-23-9-18-30(31(19-23)44-2)45-21-22-7-13-26(14-8-22)39(41)42/h3-11,13-16,18-20,34H,12,17,21H2,1-2H3/b32-20+/t34-/m0/s1. The number of fused-ring (bicyclic) bond motifs is 3. The second kappa shape index (κ2) is 12.1. The van der Waals surface area contributed by atoms with Gasteiger partial charge in [-0.1, -0.05) is 53.8 Å². The molecule has 0 unspecified atom stereocenters. The molecule has 10 heteroatoms. The third-order valence-corrected chi connectivity index (χ3v) is 9.31. The fourth-order valence-electron chi connectivity index (χ4n) is 6.03. The summed E-state index contributed by atoms with van der Waals surface area (Å²) in [6.07, 6.45) is 3.56. The molecule has 0 fully saturated rings. The molecule has 0 spiro atoms. The lowest BCUT2D eigenvalue weighted by Gasteiger charge is -2.30. The molecule has 0 bridgehead atoms. The van der Waals surface area contributed by atoms with Gasteiger partial charge in [0.2, 0.25) is 0 Å². The first-order valence-electron chi connectivity index (χ1n) is 14.7. The van der Waals surface area contributed by atoms with Crippen molar-refractivity contribution in [2.75, 3.05) is 14.2 Å². The predicted molar refractivity (Wildman–Crippen MR) is 176 cm³/mol. The lowest BCUT2D eigenvalue weighted by atomic mass is 9.83. The number of rotatable bonds is 8. The number of methoxy groups -OCH3 is 2. The normalized spacial score (nSPS) is 15.3. The summed E-state index contributed by atoms with van der Waals surface area (Å²) in [5, 5.41) is 10.9. The molecule has 0 amide bonds. The van der Waals surface area contributed by atoms with Crippen LogP contribution in [0.5, 0.6) is 17.2 Å². The first-order valence-corrected chi connectivity index (χ1v) is 15.6. The summed E-state index contributed by atoms with van der Waals surface area (Å²) in [5.74, 6) is 1.78. The SMILES string of the molecule is COc1ccc([C@H]2C3=C(N=c4s/c(=C/c5ccc(OCc6ccc([N+](=O)[O-])cc6)c(OC)c5)c(=O)n42)c2ccccc2CC3)cc1. The van der Waals surface area contributed by atoms with E-state index >= 15 is 0 Å². The lowest BCUT2D eigenvalue weighted by molar-refractivity contribution is -0.384. The largest absolute Gasteiger partial charge is 0.497 e. The third-order valence-electron chi connectivity index (χ3n) is 8.33. The highest BCUT2D eigenvalue weighted by Crippen LogP contribution is 2.41. The van der Waals surface area contributed by atoms with Crippen LogP contribution >= 0.6 is 11.3 Å². The van der Waals surface area contributed by atoms with E-state index in [4.69, 9.17) is 19.2 Å². The molecular formula is C36H29N3O6S. The van der Waals surface area contributed by atoms with Gasteiger partial charge in [-0.25, -0.2) is 4.99 Å². The number of nitro groups is 1. The number of non-ortho nitro benzene ring substituents is 1. The van der Waals surface area contributed by atoms with Crippen LogP contribution in [0.3, 0.4) is 0 Å². The fraction of sp³-hybridized carbons (Fsp3) is 0.167. The Morgan fingerprint density at radius 1 is 0.957 bits per heavy atom. The number of aryl methyl sites for hydroxylation is 1. The van der Waals surface area contributed by atoms with Gasteiger partial charge in [-0.15, -0.1) is 0 Å². The summed E-state index contributed by atoms with van der Waals surface area (Å²) in [7, 11) is 3.20. The molecule has 1 aliphatic heterocycles. The van der Waals surface area contributed by atoms with Crippen LogP contribution in [0.25, 0.3) is 11.8 Å². The number of nitrogens with zero attached hydrogens (tertiary/aromatic N) is 3. The van der Waals surface area contributed by atoms with Gasteiger partial charge in [0, 0.05) is 17.7 Å². The molecule has 7 rings (SSSR count). The quantitative estimate of drug-likeness (QED) is 0.158. The summed E-state index contributed by atoms with van der Waals surface area (Å²) >= 11 is 1.37. The summed E-state index contributed by atoms with van der Waals surface area (Å²) < 4.78 is 19.4. The van der Waals surface area contributed by atoms with E-state index in [0.717, 1.165) is 52.1 Å². The van der Waals surface area contributed by atoms with Crippen LogP contribution in [0.4, 0.5) is 5.69 Å². The van der Waals surface area contributed by atoms with E-state index in [2.05, 4.69) is 18.2 Å². The third kappa shape index (κ3) is 5.37. The minimum atomic E-state index is -0.435. The smallest absolute Gasteiger partial charge is 0.271 e. The Morgan fingerprint density at radius 2 is 1.74 bits per heavy atom. The van der Waals surface area contributed by atoms with E-state index in [-0.39, 0.29) is 23.9 Å². The molecule has 5 aromatic rings. The molecule has 1 aliphatic carbocycles. The molecule has 0 radical (unpaired) electrons. The van der Waals surface area contributed by atoms with Gasteiger partial charge in [0.15, 0.2) is 16.3 Å². The van der Waals surface area contributed by atoms with Gasteiger partial charge in [0.25, 0.3) is 11.2 Å². The molecule has 9 nitrogen and oxygen atoms in total. The van der Waals surface area contributed by atoms with Crippen LogP contribution in [0.1, 0.15) is 40.3 Å². The van der Waals surface area contributed by atoms with Gasteiger partial charge in [-0.3, -0.25) is 19.5 Å². The number of hydrogen-bond donors (Lipinski definition) is 0. The van der Waals surface area contributed by atoms with E-state index in [1.165, 1.54) is 29.0 Å². The second-order valence-electron chi connectivity index (χ2n) is 11.0. The van der Waals surface area contributed by atoms with Crippen LogP contribution in [-0.2, 0) is 13.0 Å². The predicted octanol–water partition coefficient (Wildman–Crippen LogP) is 5.82. The van der Waals surface area contributed by atoms with E-state index in [9.17, 15) is 14.9 Å². The maximum atomic E-state index is 14.1. The zero-order valence-electron chi connectivity index (χ0n) is 25.1. The average molecular weight is 632 g/mol. The molecule has 230 valence electrons. The second-order valence-corrected chi connectivity index (χ2v) is 12.0. The van der Waals surface area contributed by atoms with Gasteiger partial charge in [-0.05, 0) is 83.1 Å². The van der Waals surface area contributed by atoms with Gasteiger partial charge in [0.05, 0.1) is 35.4 Å². The maximum absolute atomic E-state index is 14.1. The van der Waals surface area contributed by atoms with Crippen LogP contribution in [0.15, 0.2) is 106 Å². The first-order chi connectivity index (χ1) is 22.4. The zero-order valence-corrected chi connectivity index (χ0v) is 26.0. The summed E-state index contributed by atoms with van der Waals surface area (Å²) in [6.45, 7) is 0.214. The monoisotopic (exact) mass is 631 g/mol. The number of nitro benzene ring substituents is 1. The maximum Gasteiger partial charge on any atom is 0.271 e. The van der Waals surface area contributed by atoms with E-state index < -0.39 is 4.92 Å². The van der Waals surface area contributed by atoms with E-state index in [1.807, 2.05) is 53.1 Å². The Kier molecular flexibility index (Phi) is 7.71. The van der Waals surface area contributed by atoms with Crippen LogP contribution in [0, 0.1) is 10.1 Å². The summed E-state index contributed by atoms with van der Waals surface area (Å²) in [5.41, 5.74) is 6.96. The number of benzene rings is 4. The highest BCUT2D eigenvalue weighted by Gasteiger charge is 2.32. The lowest BCUT2D eigenvalue weighted by Crippen LogP contribution is -2.38. The summed E-state index contributed by atoms with van der Waals surface area (Å²) in [6, 6.07) is 27.7. The van der Waals surface area contributed by atoms with Gasteiger partial charge >= 0.3 is 0 Å². The Balaban J connectivity index is 1.26. The molecule has 2 heterocycles. The van der Waals surface area contributed by atoms with Crippen LogP contribution in [0.2, 0.25) is 0 Å². The number of thiazole rings is 1. The van der Waals surface area contributed by atoms with Crippen molar-refractivity contribution in [2.45, 2.75) is 25.5 Å². The minimum Gasteiger partial charge on any atom is -0.497 e. The van der Waals surface area contributed by atoms with Crippen molar-refractivity contribution in [1.82, 2.24) is 4.57 Å². The highest BCUT2D eigenvalue weighted by atomic mass is 32.1. The molecule has 0 saturated carbocycles. The number of aromatic nitrogens is 1. The van der Waals surface area contributed by atoms with Crippen LogP contribution in [-0.4, -0.2) is 23.7 Å². The minimum absolute atomic E-state index is 0.0243. The first kappa shape index (κ1) is 29.2. The Hall–Kier alpha value is -5.48. The molecule has 0 saturated heterocycles. The van der Waals surface area contributed by atoms with Crippen molar-refractivity contribution in [3.63, 3.8) is 0 Å². The molecule has 2 aliphatic rings. The highest BCUT2D eigenvalue weighted by molar-refractivity contribution is 7.07. The Labute approximate surface area is 268 Å². The van der Waals surface area contributed by atoms with Crippen molar-refractivity contribution in [3.8, 4) is 17.2 Å². The fourth-order valence-corrected chi connectivity index (χ4v) is 7.03. The van der Waals surface area contributed by atoms with E-state index in [0.29, 0.717) is 20.8 Å². The van der Waals surface area contributed by atoms with Crippen molar-refractivity contribution in [2.24, 2.45) is 4.99 Å². The van der Waals surface area contributed by atoms with Crippen molar-refractivity contribution in [1.29, 1.82) is 0 Å². The average Bonchev–Trinajstić information content (AvgIpc) is 3.40. The Morgan fingerprint density at radius 3 is 2.48 bits per heavy atom. The number of ether oxygens (including phenoxy) is 3. The number of hydrogen-bond acceptors (Lipinski definition) is 8. The molecular weight excluding hydrogens is 602 g/mol. The molecule has 1 aromatic heterocycles. The van der Waals surface area contributed by atoms with Gasteiger partial charge < -0.3 is 14.2 Å². The zero-order chi connectivity index (χ0) is 31.8. The molecule has 0 N–H and O–H groups in total. The molecule has 4 aromatic carbocycles. The summed E-state index contributed by atoms with van der Waals surface area (Å²) in [4.78, 5) is 30.4. The molecule has 46 heavy (non-hydrogen) atoms. The van der Waals surface area contributed by atoms with Crippen molar-refractivity contribution >= 4 is 28.8 Å². The molecule has 1 atom stereocenters. The Bertz CT molecular complexity index is 2180. The van der Waals surface area contributed by atoms with Crippen molar-refractivity contribution < 1.29 is 19.1 Å². The van der Waals surface area contributed by atoms with E-state index in [1.54, 1.807) is 32.4 Å². The van der Waals surface area contributed by atoms with Crippen molar-refractivity contribution in [3.05, 3.63) is 154 Å².